The van der Waals surface area contributed by atoms with Crippen LogP contribution >= 0.6 is 11.6 Å². The molecule has 3 aromatic rings. The number of aromatic hydroxyl groups is 2. The number of rotatable bonds is 2. The number of hydrogen-bond acceptors (Lipinski definition) is 4. The van der Waals surface area contributed by atoms with Gasteiger partial charge in [-0.1, -0.05) is 23.7 Å². The highest BCUT2D eigenvalue weighted by Gasteiger charge is 2.26. The Morgan fingerprint density at radius 3 is 2.67 bits per heavy atom. The summed E-state index contributed by atoms with van der Waals surface area (Å²) in [6.45, 7) is 0.886. The lowest BCUT2D eigenvalue weighted by Crippen LogP contribution is -3.04. The molecule has 2 heterocycles. The van der Waals surface area contributed by atoms with Crippen molar-refractivity contribution < 1.29 is 19.5 Å². The van der Waals surface area contributed by atoms with Crippen molar-refractivity contribution in [3.05, 3.63) is 69.5 Å². The monoisotopic (exact) mass is 384 g/mol. The van der Waals surface area contributed by atoms with Crippen molar-refractivity contribution in [3.8, 4) is 22.8 Å². The third-order valence-electron chi connectivity index (χ3n) is 4.97. The fraction of sp³-hybridized carbons (Fsp3) is 0.190. The van der Waals surface area contributed by atoms with E-state index < -0.39 is 0 Å². The zero-order chi connectivity index (χ0) is 19.1. The van der Waals surface area contributed by atoms with Gasteiger partial charge < -0.3 is 19.5 Å². The van der Waals surface area contributed by atoms with Crippen LogP contribution in [0.1, 0.15) is 17.9 Å². The number of phenols is 2. The van der Waals surface area contributed by atoms with E-state index in [1.54, 1.807) is 24.3 Å². The summed E-state index contributed by atoms with van der Waals surface area (Å²) in [6, 6.07) is 9.59. The summed E-state index contributed by atoms with van der Waals surface area (Å²) >= 11 is 6.25. The van der Waals surface area contributed by atoms with Gasteiger partial charge in [0.05, 0.1) is 24.8 Å². The van der Waals surface area contributed by atoms with Gasteiger partial charge in [-0.05, 0) is 18.2 Å². The molecule has 3 N–H and O–H groups in total. The summed E-state index contributed by atoms with van der Waals surface area (Å²) < 4.78 is 6.04. The molecule has 5 nitrogen and oxygen atoms in total. The summed E-state index contributed by atoms with van der Waals surface area (Å²) in [7, 11) is 2.05. The molecule has 2 aromatic carbocycles. The first-order valence-corrected chi connectivity index (χ1v) is 9.11. The second-order valence-corrected chi connectivity index (χ2v) is 7.25. The molecule has 27 heavy (non-hydrogen) atoms. The third kappa shape index (κ3) is 3.09. The van der Waals surface area contributed by atoms with Gasteiger partial charge in [0.15, 0.2) is 5.43 Å². The molecule has 2 atom stereocenters. The lowest BCUT2D eigenvalue weighted by atomic mass is 9.90. The first-order chi connectivity index (χ1) is 13.0. The molecule has 0 saturated heterocycles. The lowest BCUT2D eigenvalue weighted by Gasteiger charge is -2.22. The summed E-state index contributed by atoms with van der Waals surface area (Å²) in [5, 5.41) is 21.3. The predicted octanol–water partition coefficient (Wildman–Crippen LogP) is 3.04. The number of quaternary nitrogens is 1. The Balaban J connectivity index is 2.02. The third-order valence-corrected chi connectivity index (χ3v) is 5.30. The quantitative estimate of drug-likeness (QED) is 0.635. The Morgan fingerprint density at radius 2 is 1.96 bits per heavy atom. The number of fused-ring (bicyclic) bond motifs is 1. The Hall–Kier alpha value is -2.76. The molecular weight excluding hydrogens is 366 g/mol. The lowest BCUT2D eigenvalue weighted by molar-refractivity contribution is -0.827. The van der Waals surface area contributed by atoms with Crippen molar-refractivity contribution in [1.82, 2.24) is 0 Å². The molecule has 4 rings (SSSR count). The van der Waals surface area contributed by atoms with Crippen LogP contribution in [0.3, 0.4) is 0 Å². The minimum absolute atomic E-state index is 0.0679. The number of hydrogen-bond donors (Lipinski definition) is 3. The highest BCUT2D eigenvalue weighted by Crippen LogP contribution is 2.41. The first kappa shape index (κ1) is 17.6. The molecule has 0 fully saturated rings. The van der Waals surface area contributed by atoms with Gasteiger partial charge in [0.2, 0.25) is 0 Å². The zero-order valence-corrected chi connectivity index (χ0v) is 15.5. The van der Waals surface area contributed by atoms with Crippen LogP contribution in [0.4, 0.5) is 0 Å². The Kier molecular flexibility index (Phi) is 4.42. The van der Waals surface area contributed by atoms with Crippen LogP contribution in [0.15, 0.2) is 57.9 Å². The Labute approximate surface area is 160 Å². The van der Waals surface area contributed by atoms with E-state index in [0.717, 1.165) is 13.0 Å². The Bertz CT molecular complexity index is 1120. The van der Waals surface area contributed by atoms with Crippen molar-refractivity contribution in [1.29, 1.82) is 0 Å². The van der Waals surface area contributed by atoms with E-state index in [1.165, 1.54) is 17.0 Å². The van der Waals surface area contributed by atoms with Crippen LogP contribution in [0.5, 0.6) is 11.5 Å². The van der Waals surface area contributed by atoms with Gasteiger partial charge in [-0.2, -0.15) is 0 Å². The molecule has 1 aliphatic heterocycles. The zero-order valence-electron chi connectivity index (χ0n) is 14.7. The molecule has 0 radical (unpaired) electrons. The standard InChI is InChI=1S/C21H18ClNO4/c1-23-8-6-12(7-9-23)19-15(24)10-16(25)20-17(26)11-18(27-21(19)20)13-4-2-3-5-14(13)22/h2-6,8,10-12,24-25H,7,9H2,1H3/p+1. The van der Waals surface area contributed by atoms with Crippen LogP contribution in [0, 0.1) is 0 Å². The summed E-state index contributed by atoms with van der Waals surface area (Å²) in [6.07, 6.45) is 4.80. The SMILES string of the molecule is C[NH+]1C=CC(c2c(O)cc(O)c3c(=O)cc(-c4ccccc4Cl)oc23)CC1. The average molecular weight is 385 g/mol. The van der Waals surface area contributed by atoms with E-state index in [4.69, 9.17) is 16.0 Å². The number of allylic oxidation sites excluding steroid dienone is 1. The molecular formula is C21H19ClNO4+. The maximum absolute atomic E-state index is 12.7. The summed E-state index contributed by atoms with van der Waals surface area (Å²) in [5.74, 6) is -0.199. The van der Waals surface area contributed by atoms with Crippen molar-refractivity contribution in [2.24, 2.45) is 0 Å². The number of nitrogens with one attached hydrogen (secondary N) is 1. The predicted molar refractivity (Wildman–Crippen MR) is 105 cm³/mol. The summed E-state index contributed by atoms with van der Waals surface area (Å²) in [4.78, 5) is 14.0. The first-order valence-electron chi connectivity index (χ1n) is 8.74. The molecule has 138 valence electrons. The molecule has 0 amide bonds. The molecule has 0 bridgehead atoms. The van der Waals surface area contributed by atoms with E-state index in [1.807, 2.05) is 12.3 Å². The topological polar surface area (TPSA) is 75.1 Å². The second kappa shape index (κ2) is 6.76. The normalized spacial score (nSPS) is 19.5. The van der Waals surface area contributed by atoms with Crippen molar-refractivity contribution in [3.63, 3.8) is 0 Å². The molecule has 0 aliphatic carbocycles. The van der Waals surface area contributed by atoms with Gasteiger partial charge in [-0.25, -0.2) is 0 Å². The van der Waals surface area contributed by atoms with Crippen LogP contribution < -0.4 is 10.3 Å². The maximum Gasteiger partial charge on any atom is 0.197 e. The van der Waals surface area contributed by atoms with Gasteiger partial charge >= 0.3 is 0 Å². The highest BCUT2D eigenvalue weighted by atomic mass is 35.5. The molecule has 1 aromatic heterocycles. The minimum Gasteiger partial charge on any atom is -0.507 e. The van der Waals surface area contributed by atoms with E-state index in [9.17, 15) is 15.0 Å². The summed E-state index contributed by atoms with van der Waals surface area (Å²) in [5.41, 5.74) is 0.907. The van der Waals surface area contributed by atoms with Crippen LogP contribution in [0.25, 0.3) is 22.3 Å². The molecule has 0 spiro atoms. The molecule has 6 heteroatoms. The number of benzene rings is 2. The minimum atomic E-state index is -0.382. The van der Waals surface area contributed by atoms with E-state index >= 15 is 0 Å². The van der Waals surface area contributed by atoms with E-state index in [0.29, 0.717) is 21.9 Å². The van der Waals surface area contributed by atoms with Gasteiger partial charge in [-0.15, -0.1) is 0 Å². The van der Waals surface area contributed by atoms with Gasteiger partial charge in [0.25, 0.3) is 0 Å². The molecule has 0 saturated carbocycles. The smallest absolute Gasteiger partial charge is 0.197 e. The highest BCUT2D eigenvalue weighted by molar-refractivity contribution is 6.33. The van der Waals surface area contributed by atoms with Crippen molar-refractivity contribution in [2.45, 2.75) is 12.3 Å². The van der Waals surface area contributed by atoms with Crippen LogP contribution in [0.2, 0.25) is 5.02 Å². The van der Waals surface area contributed by atoms with Crippen LogP contribution in [-0.4, -0.2) is 23.8 Å². The van der Waals surface area contributed by atoms with Gasteiger partial charge in [0, 0.05) is 35.6 Å². The largest absolute Gasteiger partial charge is 0.507 e. The number of phenolic OH excluding ortho intramolecular Hbond substituents is 2. The second-order valence-electron chi connectivity index (χ2n) is 6.84. The maximum atomic E-state index is 12.7. The molecule has 1 aliphatic rings. The van der Waals surface area contributed by atoms with E-state index in [-0.39, 0.29) is 33.8 Å². The molecule has 2 unspecified atom stereocenters. The van der Waals surface area contributed by atoms with Gasteiger partial charge in [0.1, 0.15) is 28.2 Å². The fourth-order valence-corrected chi connectivity index (χ4v) is 3.79. The van der Waals surface area contributed by atoms with Crippen LogP contribution in [-0.2, 0) is 0 Å². The Morgan fingerprint density at radius 1 is 1.19 bits per heavy atom. The van der Waals surface area contributed by atoms with Crippen molar-refractivity contribution >= 4 is 22.6 Å². The number of halogens is 1. The van der Waals surface area contributed by atoms with Gasteiger partial charge in [-0.3, -0.25) is 4.79 Å². The fourth-order valence-electron chi connectivity index (χ4n) is 3.56. The van der Waals surface area contributed by atoms with E-state index in [2.05, 4.69) is 7.05 Å². The van der Waals surface area contributed by atoms with Crippen molar-refractivity contribution in [2.75, 3.05) is 13.6 Å². The average Bonchev–Trinajstić information content (AvgIpc) is 2.63.